The molecule has 64 valence electrons. The van der Waals surface area contributed by atoms with Gasteiger partial charge < -0.3 is 5.32 Å². The molecule has 2 heteroatoms. The molecule has 0 aromatic heterocycles. The van der Waals surface area contributed by atoms with Crippen LogP contribution in [0.15, 0.2) is 16.8 Å². The first-order valence-corrected chi connectivity index (χ1v) is 4.00. The monoisotopic (exact) mass is 154 g/mol. The second kappa shape index (κ2) is 4.94. The highest BCUT2D eigenvalue weighted by molar-refractivity contribution is 5.81. The van der Waals surface area contributed by atoms with E-state index in [0.717, 1.165) is 11.5 Å². The molecule has 0 aliphatic heterocycles. The number of amidine groups is 1. The van der Waals surface area contributed by atoms with E-state index in [2.05, 4.69) is 24.2 Å². The topological polar surface area (TPSA) is 24.4 Å². The van der Waals surface area contributed by atoms with Gasteiger partial charge in [-0.3, -0.25) is 4.99 Å². The van der Waals surface area contributed by atoms with Gasteiger partial charge in [-0.2, -0.15) is 0 Å². The molecule has 0 fully saturated rings. The fourth-order valence-electron chi connectivity index (χ4n) is 0.777. The zero-order valence-electron chi connectivity index (χ0n) is 8.10. The van der Waals surface area contributed by atoms with E-state index in [-0.39, 0.29) is 0 Å². The Kier molecular flexibility index (Phi) is 4.59. The Morgan fingerprint density at radius 1 is 1.36 bits per heavy atom. The molecule has 0 heterocycles. The van der Waals surface area contributed by atoms with E-state index in [1.807, 2.05) is 26.8 Å². The summed E-state index contributed by atoms with van der Waals surface area (Å²) in [5, 5.41) is 3.17. The van der Waals surface area contributed by atoms with Gasteiger partial charge in [0.05, 0.1) is 5.84 Å². The number of rotatable bonds is 2. The molecule has 1 N–H and O–H groups in total. The van der Waals surface area contributed by atoms with Crippen molar-refractivity contribution in [3.05, 3.63) is 11.8 Å². The van der Waals surface area contributed by atoms with Crippen LogP contribution in [0.3, 0.4) is 0 Å². The molecule has 0 bridgehead atoms. The summed E-state index contributed by atoms with van der Waals surface area (Å²) in [7, 11) is 0. The van der Waals surface area contributed by atoms with Gasteiger partial charge >= 0.3 is 0 Å². The number of hydrogen-bond acceptors (Lipinski definition) is 1. The maximum absolute atomic E-state index is 4.33. The van der Waals surface area contributed by atoms with Crippen LogP contribution in [0.5, 0.6) is 0 Å². The SMILES string of the molecule is C/C=C(\C)NC(C)=NC(C)C. The van der Waals surface area contributed by atoms with Crippen molar-refractivity contribution in [1.29, 1.82) is 0 Å². The van der Waals surface area contributed by atoms with Gasteiger partial charge in [-0.15, -0.1) is 0 Å². The van der Waals surface area contributed by atoms with Crippen LogP contribution >= 0.6 is 0 Å². The predicted molar refractivity (Wildman–Crippen MR) is 50.8 cm³/mol. The van der Waals surface area contributed by atoms with Crippen molar-refractivity contribution in [3.63, 3.8) is 0 Å². The molecule has 11 heavy (non-hydrogen) atoms. The molecule has 0 aliphatic rings. The predicted octanol–water partition coefficient (Wildman–Crippen LogP) is 2.33. The molecular formula is C9H18N2. The first-order chi connectivity index (χ1) is 5.06. The molecule has 0 saturated heterocycles. The average molecular weight is 154 g/mol. The summed E-state index contributed by atoms with van der Waals surface area (Å²) in [6.45, 7) is 10.1. The summed E-state index contributed by atoms with van der Waals surface area (Å²) in [6.07, 6.45) is 2.03. The lowest BCUT2D eigenvalue weighted by Gasteiger charge is -2.06. The maximum atomic E-state index is 4.33. The van der Waals surface area contributed by atoms with Crippen molar-refractivity contribution in [2.24, 2.45) is 4.99 Å². The fraction of sp³-hybridized carbons (Fsp3) is 0.667. The third kappa shape index (κ3) is 5.64. The van der Waals surface area contributed by atoms with Crippen LogP contribution < -0.4 is 5.32 Å². The van der Waals surface area contributed by atoms with Gasteiger partial charge in [0.1, 0.15) is 0 Å². The molecule has 0 aromatic rings. The highest BCUT2D eigenvalue weighted by atomic mass is 15.0. The van der Waals surface area contributed by atoms with E-state index < -0.39 is 0 Å². The van der Waals surface area contributed by atoms with Crippen molar-refractivity contribution in [2.75, 3.05) is 0 Å². The summed E-state index contributed by atoms with van der Waals surface area (Å²) < 4.78 is 0. The van der Waals surface area contributed by atoms with Crippen LogP contribution in [0.1, 0.15) is 34.6 Å². The Labute approximate surface area is 69.4 Å². The quantitative estimate of drug-likeness (QED) is 0.479. The molecule has 0 aromatic carbocycles. The van der Waals surface area contributed by atoms with E-state index in [9.17, 15) is 0 Å². The van der Waals surface area contributed by atoms with Crippen LogP contribution in [0, 0.1) is 0 Å². The lowest BCUT2D eigenvalue weighted by atomic mass is 10.4. The third-order valence-corrected chi connectivity index (χ3v) is 1.26. The zero-order chi connectivity index (χ0) is 8.85. The maximum Gasteiger partial charge on any atom is 0.0976 e. The number of aliphatic imine (C=N–C) groups is 1. The highest BCUT2D eigenvalue weighted by Crippen LogP contribution is 1.89. The molecule has 0 saturated carbocycles. The van der Waals surface area contributed by atoms with Gasteiger partial charge in [0.25, 0.3) is 0 Å². The molecule has 0 unspecified atom stereocenters. The number of allylic oxidation sites excluding steroid dienone is 2. The minimum atomic E-state index is 0.368. The van der Waals surface area contributed by atoms with Crippen molar-refractivity contribution >= 4 is 5.84 Å². The smallest absolute Gasteiger partial charge is 0.0976 e. The molecule has 0 rings (SSSR count). The Morgan fingerprint density at radius 3 is 2.27 bits per heavy atom. The lowest BCUT2D eigenvalue weighted by molar-refractivity contribution is 0.824. The van der Waals surface area contributed by atoms with Gasteiger partial charge in [-0.05, 0) is 34.6 Å². The number of nitrogens with one attached hydrogen (secondary N) is 1. The second-order valence-electron chi connectivity index (χ2n) is 2.90. The third-order valence-electron chi connectivity index (χ3n) is 1.26. The van der Waals surface area contributed by atoms with Gasteiger partial charge in [-0.1, -0.05) is 6.08 Å². The zero-order valence-corrected chi connectivity index (χ0v) is 8.10. The lowest BCUT2D eigenvalue weighted by Crippen LogP contribution is -2.19. The van der Waals surface area contributed by atoms with Crippen LogP contribution in [0.2, 0.25) is 0 Å². The Bertz CT molecular complexity index is 166. The number of hydrogen-bond donors (Lipinski definition) is 1. The van der Waals surface area contributed by atoms with E-state index in [1.165, 1.54) is 0 Å². The van der Waals surface area contributed by atoms with Gasteiger partial charge in [0.2, 0.25) is 0 Å². The van der Waals surface area contributed by atoms with E-state index in [4.69, 9.17) is 0 Å². The van der Waals surface area contributed by atoms with E-state index in [1.54, 1.807) is 0 Å². The van der Waals surface area contributed by atoms with Gasteiger partial charge in [-0.25, -0.2) is 0 Å². The van der Waals surface area contributed by atoms with Crippen LogP contribution in [0.25, 0.3) is 0 Å². The molecule has 0 radical (unpaired) electrons. The molecule has 0 atom stereocenters. The minimum absolute atomic E-state index is 0.368. The van der Waals surface area contributed by atoms with Crippen LogP contribution in [-0.2, 0) is 0 Å². The summed E-state index contributed by atoms with van der Waals surface area (Å²) in [4.78, 5) is 4.33. The van der Waals surface area contributed by atoms with Crippen molar-refractivity contribution in [1.82, 2.24) is 5.32 Å². The Morgan fingerprint density at radius 2 is 1.91 bits per heavy atom. The molecule has 0 spiro atoms. The van der Waals surface area contributed by atoms with E-state index >= 15 is 0 Å². The average Bonchev–Trinajstić information content (AvgIpc) is 1.85. The second-order valence-corrected chi connectivity index (χ2v) is 2.90. The van der Waals surface area contributed by atoms with Crippen LogP contribution in [-0.4, -0.2) is 11.9 Å². The summed E-state index contributed by atoms with van der Waals surface area (Å²) in [5.41, 5.74) is 1.15. The van der Waals surface area contributed by atoms with Crippen molar-refractivity contribution < 1.29 is 0 Å². The molecule has 2 nitrogen and oxygen atoms in total. The fourth-order valence-corrected chi connectivity index (χ4v) is 0.777. The molecular weight excluding hydrogens is 136 g/mol. The first-order valence-electron chi connectivity index (χ1n) is 4.00. The minimum Gasteiger partial charge on any atom is -0.348 e. The van der Waals surface area contributed by atoms with E-state index in [0.29, 0.717) is 6.04 Å². The summed E-state index contributed by atoms with van der Waals surface area (Å²) in [6, 6.07) is 0.368. The van der Waals surface area contributed by atoms with Crippen LogP contribution in [0.4, 0.5) is 0 Å². The first kappa shape index (κ1) is 10.2. The van der Waals surface area contributed by atoms with Crippen molar-refractivity contribution in [3.8, 4) is 0 Å². The van der Waals surface area contributed by atoms with Gasteiger partial charge in [0, 0.05) is 11.7 Å². The molecule has 0 aliphatic carbocycles. The standard InChI is InChI=1S/C9H18N2/c1-6-8(4)11-9(5)10-7(2)3/h6-7H,1-5H3,(H,10,11)/b8-6+. The summed E-state index contributed by atoms with van der Waals surface area (Å²) >= 11 is 0. The Hall–Kier alpha value is -0.790. The highest BCUT2D eigenvalue weighted by Gasteiger charge is 1.91. The largest absolute Gasteiger partial charge is 0.348 e. The number of nitrogens with zero attached hydrogens (tertiary/aromatic N) is 1. The van der Waals surface area contributed by atoms with Gasteiger partial charge in [0.15, 0.2) is 0 Å². The molecule has 0 amide bonds. The van der Waals surface area contributed by atoms with Crippen molar-refractivity contribution in [2.45, 2.75) is 40.7 Å². The summed E-state index contributed by atoms with van der Waals surface area (Å²) in [5.74, 6) is 0.982. The Balaban J connectivity index is 3.96. The normalized spacial score (nSPS) is 14.0.